The number of ether oxygens (including phenoxy) is 1. The van der Waals surface area contributed by atoms with Crippen LogP contribution in [-0.4, -0.2) is 29.9 Å². The van der Waals surface area contributed by atoms with Gasteiger partial charge in [0, 0.05) is 10.6 Å². The number of carboxylic acids is 1. The van der Waals surface area contributed by atoms with E-state index in [9.17, 15) is 15.0 Å². The lowest BCUT2D eigenvalue weighted by Crippen LogP contribution is -2.36. The van der Waals surface area contributed by atoms with Crippen molar-refractivity contribution >= 4 is 17.6 Å². The number of aliphatic hydroxyl groups is 1. The molecule has 1 rings (SSSR count). The number of rotatable bonds is 4. The Bertz CT molecular complexity index is 444. The third-order valence-corrected chi connectivity index (χ3v) is 3.04. The highest BCUT2D eigenvalue weighted by molar-refractivity contribution is 6.30. The van der Waals surface area contributed by atoms with Gasteiger partial charge in [0.1, 0.15) is 11.2 Å². The van der Waals surface area contributed by atoms with Crippen LogP contribution in [0, 0.1) is 6.92 Å². The molecular weight excluding hydrogens is 244 g/mol. The molecule has 2 N–H and O–H groups in total. The Balaban J connectivity index is 3.53. The first-order valence-corrected chi connectivity index (χ1v) is 5.43. The molecule has 5 heteroatoms. The minimum Gasteiger partial charge on any atom is -0.496 e. The minimum absolute atomic E-state index is 0.375. The van der Waals surface area contributed by atoms with E-state index in [1.807, 2.05) is 0 Å². The van der Waals surface area contributed by atoms with Crippen LogP contribution in [0.2, 0.25) is 5.02 Å². The SMILES string of the molecule is COc1c(C)cc(Cl)cc1C(C)(CO)C(=O)O. The zero-order valence-corrected chi connectivity index (χ0v) is 10.7. The Labute approximate surface area is 105 Å². The van der Waals surface area contributed by atoms with Gasteiger partial charge in [0.15, 0.2) is 0 Å². The number of halogens is 1. The van der Waals surface area contributed by atoms with Gasteiger partial charge in [0.25, 0.3) is 0 Å². The molecule has 1 atom stereocenters. The van der Waals surface area contributed by atoms with Crippen LogP contribution in [0.4, 0.5) is 0 Å². The van der Waals surface area contributed by atoms with Crippen molar-refractivity contribution in [1.29, 1.82) is 0 Å². The van der Waals surface area contributed by atoms with Crippen LogP contribution in [0.5, 0.6) is 5.75 Å². The molecule has 1 unspecified atom stereocenters. The predicted octanol–water partition coefficient (Wildman–Crippen LogP) is 1.99. The van der Waals surface area contributed by atoms with Crippen molar-refractivity contribution in [3.63, 3.8) is 0 Å². The molecule has 0 spiro atoms. The Morgan fingerprint density at radius 1 is 1.53 bits per heavy atom. The number of aliphatic carboxylic acids is 1. The van der Waals surface area contributed by atoms with E-state index in [1.165, 1.54) is 20.1 Å². The fraction of sp³-hybridized carbons (Fsp3) is 0.417. The lowest BCUT2D eigenvalue weighted by Gasteiger charge is -2.26. The summed E-state index contributed by atoms with van der Waals surface area (Å²) in [6, 6.07) is 3.20. The van der Waals surface area contributed by atoms with Gasteiger partial charge in [-0.1, -0.05) is 11.6 Å². The fourth-order valence-corrected chi connectivity index (χ4v) is 1.95. The van der Waals surface area contributed by atoms with Gasteiger partial charge in [-0.3, -0.25) is 4.79 Å². The first-order chi connectivity index (χ1) is 7.86. The molecule has 0 bridgehead atoms. The summed E-state index contributed by atoms with van der Waals surface area (Å²) in [6.45, 7) is 2.68. The second-order valence-corrected chi connectivity index (χ2v) is 4.54. The average Bonchev–Trinajstić information content (AvgIpc) is 2.26. The maximum absolute atomic E-state index is 11.3. The Hall–Kier alpha value is -1.26. The van der Waals surface area contributed by atoms with Gasteiger partial charge in [-0.05, 0) is 31.5 Å². The standard InChI is InChI=1S/C12H15ClO4/c1-7-4-8(13)5-9(10(7)17-3)12(2,6-14)11(15)16/h4-5,14H,6H2,1-3H3,(H,15,16). The van der Waals surface area contributed by atoms with E-state index in [0.717, 1.165) is 5.56 Å². The Morgan fingerprint density at radius 2 is 2.12 bits per heavy atom. The summed E-state index contributed by atoms with van der Waals surface area (Å²) in [4.78, 5) is 11.3. The summed E-state index contributed by atoms with van der Waals surface area (Å²) in [6.07, 6.45) is 0. The fourth-order valence-electron chi connectivity index (χ4n) is 1.68. The number of hydrogen-bond donors (Lipinski definition) is 2. The number of carboxylic acid groups (broad SMARTS) is 1. The summed E-state index contributed by atoms with van der Waals surface area (Å²) in [5.74, 6) is -0.687. The molecule has 0 aromatic heterocycles. The smallest absolute Gasteiger partial charge is 0.316 e. The maximum atomic E-state index is 11.3. The molecule has 0 heterocycles. The molecule has 0 radical (unpaired) electrons. The van der Waals surface area contributed by atoms with E-state index in [4.69, 9.17) is 16.3 Å². The van der Waals surface area contributed by atoms with E-state index in [-0.39, 0.29) is 0 Å². The minimum atomic E-state index is -1.43. The van der Waals surface area contributed by atoms with E-state index >= 15 is 0 Å². The van der Waals surface area contributed by atoms with Crippen molar-refractivity contribution in [2.45, 2.75) is 19.3 Å². The predicted molar refractivity (Wildman–Crippen MR) is 64.8 cm³/mol. The van der Waals surface area contributed by atoms with Crippen LogP contribution in [0.1, 0.15) is 18.1 Å². The summed E-state index contributed by atoms with van der Waals surface area (Å²) >= 11 is 5.92. The number of aliphatic hydroxyl groups excluding tert-OH is 1. The van der Waals surface area contributed by atoms with Crippen molar-refractivity contribution < 1.29 is 19.7 Å². The zero-order valence-electron chi connectivity index (χ0n) is 9.95. The molecule has 0 saturated carbocycles. The molecule has 0 aliphatic carbocycles. The first-order valence-electron chi connectivity index (χ1n) is 5.05. The highest BCUT2D eigenvalue weighted by Crippen LogP contribution is 2.36. The average molecular weight is 259 g/mol. The van der Waals surface area contributed by atoms with Crippen molar-refractivity contribution in [3.05, 3.63) is 28.3 Å². The third kappa shape index (κ3) is 2.37. The van der Waals surface area contributed by atoms with Crippen molar-refractivity contribution in [2.24, 2.45) is 0 Å². The molecule has 0 amide bonds. The molecule has 0 aliphatic rings. The van der Waals surface area contributed by atoms with Gasteiger partial charge in [-0.15, -0.1) is 0 Å². The molecule has 4 nitrogen and oxygen atoms in total. The second-order valence-electron chi connectivity index (χ2n) is 4.10. The van der Waals surface area contributed by atoms with Gasteiger partial charge in [0.05, 0.1) is 13.7 Å². The summed E-state index contributed by atoms with van der Waals surface area (Å²) in [5.41, 5.74) is -0.322. The van der Waals surface area contributed by atoms with E-state index in [0.29, 0.717) is 16.3 Å². The quantitative estimate of drug-likeness (QED) is 0.867. The van der Waals surface area contributed by atoms with Crippen LogP contribution >= 0.6 is 11.6 Å². The van der Waals surface area contributed by atoms with Crippen LogP contribution in [-0.2, 0) is 10.2 Å². The van der Waals surface area contributed by atoms with E-state index < -0.39 is 18.0 Å². The van der Waals surface area contributed by atoms with E-state index in [1.54, 1.807) is 13.0 Å². The Morgan fingerprint density at radius 3 is 2.53 bits per heavy atom. The molecule has 94 valence electrons. The maximum Gasteiger partial charge on any atom is 0.316 e. The monoisotopic (exact) mass is 258 g/mol. The Kier molecular flexibility index (Phi) is 4.01. The zero-order chi connectivity index (χ0) is 13.2. The summed E-state index contributed by atoms with van der Waals surface area (Å²) in [7, 11) is 1.46. The van der Waals surface area contributed by atoms with Gasteiger partial charge in [-0.25, -0.2) is 0 Å². The van der Waals surface area contributed by atoms with Crippen molar-refractivity contribution in [3.8, 4) is 5.75 Å². The first kappa shape index (κ1) is 13.8. The number of aryl methyl sites for hydroxylation is 1. The molecule has 1 aromatic rings. The van der Waals surface area contributed by atoms with Gasteiger partial charge < -0.3 is 14.9 Å². The molecule has 0 aliphatic heterocycles. The van der Waals surface area contributed by atoms with Crippen LogP contribution in [0.15, 0.2) is 12.1 Å². The number of carbonyl (C=O) groups is 1. The van der Waals surface area contributed by atoms with E-state index in [2.05, 4.69) is 0 Å². The van der Waals surface area contributed by atoms with Crippen LogP contribution in [0.3, 0.4) is 0 Å². The largest absolute Gasteiger partial charge is 0.496 e. The molecular formula is C12H15ClO4. The number of hydrogen-bond acceptors (Lipinski definition) is 3. The lowest BCUT2D eigenvalue weighted by atomic mass is 9.82. The van der Waals surface area contributed by atoms with Crippen molar-refractivity contribution in [1.82, 2.24) is 0 Å². The molecule has 17 heavy (non-hydrogen) atoms. The van der Waals surface area contributed by atoms with Gasteiger partial charge >= 0.3 is 5.97 Å². The number of methoxy groups -OCH3 is 1. The normalized spacial score (nSPS) is 14.2. The van der Waals surface area contributed by atoms with Crippen LogP contribution in [0.25, 0.3) is 0 Å². The second kappa shape index (κ2) is 4.94. The highest BCUT2D eigenvalue weighted by Gasteiger charge is 2.38. The third-order valence-electron chi connectivity index (χ3n) is 2.83. The van der Waals surface area contributed by atoms with Crippen molar-refractivity contribution in [2.75, 3.05) is 13.7 Å². The molecule has 1 aromatic carbocycles. The van der Waals surface area contributed by atoms with Crippen LogP contribution < -0.4 is 4.74 Å². The van der Waals surface area contributed by atoms with Gasteiger partial charge in [-0.2, -0.15) is 0 Å². The summed E-state index contributed by atoms with van der Waals surface area (Å²) in [5, 5.41) is 19.0. The molecule has 0 saturated heterocycles. The molecule has 0 fully saturated rings. The lowest BCUT2D eigenvalue weighted by molar-refractivity contribution is -0.144. The topological polar surface area (TPSA) is 66.8 Å². The summed E-state index contributed by atoms with van der Waals surface area (Å²) < 4.78 is 5.20. The van der Waals surface area contributed by atoms with Gasteiger partial charge in [0.2, 0.25) is 0 Å². The highest BCUT2D eigenvalue weighted by atomic mass is 35.5. The number of benzene rings is 1.